The number of rotatable bonds is 4. The predicted molar refractivity (Wildman–Crippen MR) is 70.1 cm³/mol. The van der Waals surface area contributed by atoms with Crippen molar-refractivity contribution in [2.45, 2.75) is 26.5 Å². The van der Waals surface area contributed by atoms with Crippen molar-refractivity contribution < 1.29 is 4.74 Å². The molecular weight excluding hydrogens is 226 g/mol. The van der Waals surface area contributed by atoms with Gasteiger partial charge in [-0.3, -0.25) is 0 Å². The van der Waals surface area contributed by atoms with Crippen molar-refractivity contribution in [1.82, 2.24) is 9.97 Å². The van der Waals surface area contributed by atoms with Gasteiger partial charge in [0.1, 0.15) is 12.4 Å². The molecule has 18 heavy (non-hydrogen) atoms. The summed E-state index contributed by atoms with van der Waals surface area (Å²) in [7, 11) is 0. The SMILES string of the molecule is Cc1cc(C(C)N)ccc1OCc1ncccn1. The number of aryl methyl sites for hydroxylation is 1. The van der Waals surface area contributed by atoms with Gasteiger partial charge in [-0.1, -0.05) is 12.1 Å². The van der Waals surface area contributed by atoms with Crippen molar-refractivity contribution in [2.24, 2.45) is 5.73 Å². The average Bonchev–Trinajstić information content (AvgIpc) is 2.38. The Balaban J connectivity index is 2.06. The van der Waals surface area contributed by atoms with Crippen molar-refractivity contribution in [3.63, 3.8) is 0 Å². The largest absolute Gasteiger partial charge is 0.485 e. The standard InChI is InChI=1S/C14H17N3O/c1-10-8-12(11(2)15)4-5-13(10)18-9-14-16-6-3-7-17-14/h3-8,11H,9,15H2,1-2H3. The zero-order valence-electron chi connectivity index (χ0n) is 10.6. The Labute approximate surface area is 107 Å². The second-order valence-corrected chi connectivity index (χ2v) is 4.27. The third kappa shape index (κ3) is 3.05. The molecule has 1 heterocycles. The number of aromatic nitrogens is 2. The van der Waals surface area contributed by atoms with Crippen LogP contribution in [0.25, 0.3) is 0 Å². The molecule has 2 rings (SSSR count). The fraction of sp³-hybridized carbons (Fsp3) is 0.286. The average molecular weight is 243 g/mol. The maximum Gasteiger partial charge on any atom is 0.166 e. The van der Waals surface area contributed by atoms with Crippen molar-refractivity contribution in [3.8, 4) is 5.75 Å². The van der Waals surface area contributed by atoms with E-state index in [0.29, 0.717) is 12.4 Å². The van der Waals surface area contributed by atoms with E-state index in [2.05, 4.69) is 9.97 Å². The Morgan fingerprint density at radius 1 is 1.28 bits per heavy atom. The molecule has 0 radical (unpaired) electrons. The number of benzene rings is 1. The van der Waals surface area contributed by atoms with Gasteiger partial charge in [0.05, 0.1) is 0 Å². The zero-order valence-corrected chi connectivity index (χ0v) is 10.6. The van der Waals surface area contributed by atoms with E-state index in [4.69, 9.17) is 10.5 Å². The van der Waals surface area contributed by atoms with Crippen LogP contribution in [0.1, 0.15) is 29.9 Å². The van der Waals surface area contributed by atoms with Crippen molar-refractivity contribution in [2.75, 3.05) is 0 Å². The Morgan fingerprint density at radius 3 is 2.61 bits per heavy atom. The van der Waals surface area contributed by atoms with E-state index in [1.54, 1.807) is 18.5 Å². The molecule has 1 aromatic heterocycles. The summed E-state index contributed by atoms with van der Waals surface area (Å²) in [6.45, 7) is 4.35. The fourth-order valence-corrected chi connectivity index (χ4v) is 1.66. The lowest BCUT2D eigenvalue weighted by Crippen LogP contribution is -2.06. The summed E-state index contributed by atoms with van der Waals surface area (Å²) in [5, 5.41) is 0. The molecule has 0 bridgehead atoms. The maximum atomic E-state index is 5.84. The van der Waals surface area contributed by atoms with Crippen LogP contribution in [0, 0.1) is 6.92 Å². The number of hydrogen-bond acceptors (Lipinski definition) is 4. The summed E-state index contributed by atoms with van der Waals surface area (Å²) in [5.41, 5.74) is 8.01. The van der Waals surface area contributed by atoms with Gasteiger partial charge in [0.15, 0.2) is 5.82 Å². The van der Waals surface area contributed by atoms with E-state index in [9.17, 15) is 0 Å². The molecule has 0 fully saturated rings. The van der Waals surface area contributed by atoms with Gasteiger partial charge in [-0.15, -0.1) is 0 Å². The van der Waals surface area contributed by atoms with Gasteiger partial charge in [0.2, 0.25) is 0 Å². The summed E-state index contributed by atoms with van der Waals surface area (Å²) >= 11 is 0. The van der Waals surface area contributed by atoms with Crippen LogP contribution in [0.2, 0.25) is 0 Å². The van der Waals surface area contributed by atoms with Crippen molar-refractivity contribution in [3.05, 3.63) is 53.6 Å². The summed E-state index contributed by atoms with van der Waals surface area (Å²) in [6.07, 6.45) is 3.41. The monoisotopic (exact) mass is 243 g/mol. The number of nitrogens with zero attached hydrogens (tertiary/aromatic N) is 2. The van der Waals surface area contributed by atoms with E-state index in [0.717, 1.165) is 16.9 Å². The molecule has 1 aromatic carbocycles. The highest BCUT2D eigenvalue weighted by atomic mass is 16.5. The van der Waals surface area contributed by atoms with Crippen LogP contribution < -0.4 is 10.5 Å². The van der Waals surface area contributed by atoms with E-state index in [1.165, 1.54) is 0 Å². The lowest BCUT2D eigenvalue weighted by Gasteiger charge is -2.11. The molecule has 4 nitrogen and oxygen atoms in total. The quantitative estimate of drug-likeness (QED) is 0.895. The fourth-order valence-electron chi connectivity index (χ4n) is 1.66. The Bertz CT molecular complexity index is 512. The van der Waals surface area contributed by atoms with Gasteiger partial charge in [-0.25, -0.2) is 9.97 Å². The highest BCUT2D eigenvalue weighted by molar-refractivity contribution is 5.37. The molecule has 0 spiro atoms. The van der Waals surface area contributed by atoms with E-state index in [-0.39, 0.29) is 6.04 Å². The molecule has 0 amide bonds. The number of hydrogen-bond donors (Lipinski definition) is 1. The van der Waals surface area contributed by atoms with Gasteiger partial charge >= 0.3 is 0 Å². The molecule has 0 saturated heterocycles. The lowest BCUT2D eigenvalue weighted by atomic mass is 10.1. The molecule has 0 aliphatic heterocycles. The predicted octanol–water partition coefficient (Wildman–Crippen LogP) is 2.38. The van der Waals surface area contributed by atoms with Crippen molar-refractivity contribution >= 4 is 0 Å². The molecule has 0 aliphatic carbocycles. The van der Waals surface area contributed by atoms with Gasteiger partial charge in [0.25, 0.3) is 0 Å². The van der Waals surface area contributed by atoms with Crippen LogP contribution in [0.3, 0.4) is 0 Å². The van der Waals surface area contributed by atoms with E-state index in [1.807, 2.05) is 32.0 Å². The molecule has 0 aliphatic rings. The highest BCUT2D eigenvalue weighted by Crippen LogP contribution is 2.22. The van der Waals surface area contributed by atoms with Gasteiger partial charge < -0.3 is 10.5 Å². The topological polar surface area (TPSA) is 61.0 Å². The molecule has 2 N–H and O–H groups in total. The molecule has 1 unspecified atom stereocenters. The number of ether oxygens (including phenoxy) is 1. The third-order valence-electron chi connectivity index (χ3n) is 2.70. The normalized spacial score (nSPS) is 12.2. The van der Waals surface area contributed by atoms with E-state index < -0.39 is 0 Å². The van der Waals surface area contributed by atoms with Crippen LogP contribution in [0.5, 0.6) is 5.75 Å². The Morgan fingerprint density at radius 2 is 2.00 bits per heavy atom. The van der Waals surface area contributed by atoms with Crippen LogP contribution in [-0.4, -0.2) is 9.97 Å². The molecule has 4 heteroatoms. The molecule has 0 saturated carbocycles. The van der Waals surface area contributed by atoms with Gasteiger partial charge in [-0.05, 0) is 37.1 Å². The first-order valence-corrected chi connectivity index (χ1v) is 5.91. The summed E-state index contributed by atoms with van der Waals surface area (Å²) in [4.78, 5) is 8.23. The summed E-state index contributed by atoms with van der Waals surface area (Å²) in [6, 6.07) is 7.80. The Hall–Kier alpha value is -1.94. The molecule has 2 aromatic rings. The second kappa shape index (κ2) is 5.60. The van der Waals surface area contributed by atoms with Crippen LogP contribution in [-0.2, 0) is 6.61 Å². The Kier molecular flexibility index (Phi) is 3.89. The summed E-state index contributed by atoms with van der Waals surface area (Å²) in [5.74, 6) is 1.51. The second-order valence-electron chi connectivity index (χ2n) is 4.27. The van der Waals surface area contributed by atoms with Crippen LogP contribution >= 0.6 is 0 Å². The first-order valence-electron chi connectivity index (χ1n) is 5.91. The first-order chi connectivity index (χ1) is 8.66. The third-order valence-corrected chi connectivity index (χ3v) is 2.70. The number of nitrogens with two attached hydrogens (primary N) is 1. The van der Waals surface area contributed by atoms with E-state index >= 15 is 0 Å². The zero-order chi connectivity index (χ0) is 13.0. The highest BCUT2D eigenvalue weighted by Gasteiger charge is 2.05. The molecule has 1 atom stereocenters. The minimum atomic E-state index is 0.0372. The minimum Gasteiger partial charge on any atom is -0.485 e. The van der Waals surface area contributed by atoms with Gasteiger partial charge in [0, 0.05) is 18.4 Å². The first kappa shape index (κ1) is 12.5. The lowest BCUT2D eigenvalue weighted by molar-refractivity contribution is 0.293. The van der Waals surface area contributed by atoms with Gasteiger partial charge in [-0.2, -0.15) is 0 Å². The maximum absolute atomic E-state index is 5.84. The molecular formula is C14H17N3O. The summed E-state index contributed by atoms with van der Waals surface area (Å²) < 4.78 is 5.69. The molecule has 94 valence electrons. The smallest absolute Gasteiger partial charge is 0.166 e. The van der Waals surface area contributed by atoms with Crippen molar-refractivity contribution in [1.29, 1.82) is 0 Å². The minimum absolute atomic E-state index is 0.0372. The van der Waals surface area contributed by atoms with Crippen LogP contribution in [0.4, 0.5) is 0 Å². The van der Waals surface area contributed by atoms with Crippen LogP contribution in [0.15, 0.2) is 36.7 Å².